The van der Waals surface area contributed by atoms with Gasteiger partial charge in [0.1, 0.15) is 18.2 Å². The van der Waals surface area contributed by atoms with Crippen molar-refractivity contribution in [2.45, 2.75) is 27.2 Å². The molecule has 0 bridgehead atoms. The molecule has 0 saturated heterocycles. The molecule has 1 heterocycles. The Labute approximate surface area is 141 Å². The minimum atomic E-state index is -3.77. The maximum atomic E-state index is 12.1. The average Bonchev–Trinajstić information content (AvgIpc) is 2.48. The Morgan fingerprint density at radius 2 is 2.04 bits per heavy atom. The molecule has 0 radical (unpaired) electrons. The van der Waals surface area contributed by atoms with Crippen molar-refractivity contribution >= 4 is 27.6 Å². The van der Waals surface area contributed by atoms with Gasteiger partial charge in [-0.25, -0.2) is 4.72 Å². The third-order valence-electron chi connectivity index (χ3n) is 3.50. The van der Waals surface area contributed by atoms with Crippen molar-refractivity contribution in [1.82, 2.24) is 10.0 Å². The number of amidine groups is 1. The highest BCUT2D eigenvalue weighted by Gasteiger charge is 2.31. The molecule has 0 spiro atoms. The second-order valence-corrected chi connectivity index (χ2v) is 7.60. The molecular formula is C15H22N4O4S. The lowest BCUT2D eigenvalue weighted by Crippen LogP contribution is -2.42. The number of benzene rings is 1. The molecule has 0 fully saturated rings. The monoisotopic (exact) mass is 354 g/mol. The molecule has 1 aliphatic rings. The predicted octanol–water partition coefficient (Wildman–Crippen LogP) is 1.20. The smallest absolute Gasteiger partial charge is 0.322 e. The van der Waals surface area contributed by atoms with Crippen LogP contribution >= 0.6 is 0 Å². The Kier molecular flexibility index (Phi) is 5.02. The average molecular weight is 354 g/mol. The van der Waals surface area contributed by atoms with Crippen LogP contribution in [0.2, 0.25) is 0 Å². The van der Waals surface area contributed by atoms with Crippen LogP contribution in [0, 0.1) is 10.8 Å². The van der Waals surface area contributed by atoms with Crippen molar-refractivity contribution in [3.63, 3.8) is 0 Å². The lowest BCUT2D eigenvalue weighted by atomic mass is 9.93. The molecular weight excluding hydrogens is 332 g/mol. The van der Waals surface area contributed by atoms with E-state index >= 15 is 0 Å². The fourth-order valence-electron chi connectivity index (χ4n) is 2.15. The zero-order chi connectivity index (χ0) is 18.0. The van der Waals surface area contributed by atoms with Gasteiger partial charge in [0, 0.05) is 6.54 Å². The Morgan fingerprint density at radius 3 is 2.71 bits per heavy atom. The first-order valence-electron chi connectivity index (χ1n) is 7.60. The second kappa shape index (κ2) is 6.68. The van der Waals surface area contributed by atoms with Gasteiger partial charge in [0.25, 0.3) is 0 Å². The van der Waals surface area contributed by atoms with Crippen LogP contribution in [-0.2, 0) is 15.0 Å². The highest BCUT2D eigenvalue weighted by Crippen LogP contribution is 2.31. The highest BCUT2D eigenvalue weighted by atomic mass is 32.2. The Morgan fingerprint density at radius 1 is 1.33 bits per heavy atom. The number of anilines is 1. The van der Waals surface area contributed by atoms with Crippen LogP contribution in [0.5, 0.6) is 5.75 Å². The van der Waals surface area contributed by atoms with Crippen LogP contribution < -0.4 is 19.5 Å². The van der Waals surface area contributed by atoms with Crippen LogP contribution in [0.3, 0.4) is 0 Å². The summed E-state index contributed by atoms with van der Waals surface area (Å²) in [5.74, 6) is -0.0561. The molecule has 0 saturated carbocycles. The summed E-state index contributed by atoms with van der Waals surface area (Å²) in [6.45, 7) is 6.19. The number of amides is 1. The summed E-state index contributed by atoms with van der Waals surface area (Å²) in [5.41, 5.74) is -0.177. The standard InChI is InChI=1S/C15H22N4O4S/c1-4-8-17-14(20)15(2,3)9-23-11-7-5-6-10-12(11)13(16)19-24(21,22)18-10/h5-7,18H,4,8-9H2,1-3H3,(H2,16,19)(H,17,20). The van der Waals surface area contributed by atoms with Gasteiger partial charge in [-0.2, -0.15) is 8.42 Å². The Hall–Kier alpha value is -2.29. The number of hydrogen-bond acceptors (Lipinski definition) is 5. The molecule has 0 aromatic heterocycles. The van der Waals surface area contributed by atoms with Gasteiger partial charge in [0.15, 0.2) is 0 Å². The minimum Gasteiger partial charge on any atom is -0.492 e. The zero-order valence-electron chi connectivity index (χ0n) is 13.9. The topological polar surface area (TPSA) is 120 Å². The molecule has 2 rings (SSSR count). The van der Waals surface area contributed by atoms with Crippen LogP contribution in [0.4, 0.5) is 5.69 Å². The summed E-state index contributed by atoms with van der Waals surface area (Å²) >= 11 is 0. The van der Waals surface area contributed by atoms with Crippen LogP contribution in [0.15, 0.2) is 18.2 Å². The van der Waals surface area contributed by atoms with Gasteiger partial charge in [-0.05, 0) is 32.4 Å². The molecule has 1 aromatic carbocycles. The Balaban J connectivity index is 2.18. The number of carbonyl (C=O) groups excluding carboxylic acids is 1. The molecule has 1 aliphatic heterocycles. The third-order valence-corrected chi connectivity index (χ3v) is 4.46. The molecule has 132 valence electrons. The summed E-state index contributed by atoms with van der Waals surface area (Å²) in [6.07, 6.45) is 0.845. The molecule has 1 aromatic rings. The molecule has 0 aliphatic carbocycles. The number of rotatable bonds is 6. The number of hydrogen-bond donors (Lipinski definition) is 4. The summed E-state index contributed by atoms with van der Waals surface area (Å²) in [4.78, 5) is 12.1. The van der Waals surface area contributed by atoms with E-state index in [1.807, 2.05) is 6.92 Å². The van der Waals surface area contributed by atoms with Gasteiger partial charge in [-0.1, -0.05) is 13.0 Å². The van der Waals surface area contributed by atoms with Gasteiger partial charge in [0.05, 0.1) is 16.7 Å². The first kappa shape index (κ1) is 18.1. The van der Waals surface area contributed by atoms with E-state index in [-0.39, 0.29) is 24.0 Å². The van der Waals surface area contributed by atoms with Crippen LogP contribution in [0.1, 0.15) is 32.8 Å². The van der Waals surface area contributed by atoms with E-state index in [1.165, 1.54) is 0 Å². The first-order chi connectivity index (χ1) is 11.2. The fraction of sp³-hybridized carbons (Fsp3) is 0.467. The van der Waals surface area contributed by atoms with E-state index in [1.54, 1.807) is 32.0 Å². The quantitative estimate of drug-likeness (QED) is 0.613. The predicted molar refractivity (Wildman–Crippen MR) is 91.5 cm³/mol. The van der Waals surface area contributed by atoms with Crippen molar-refractivity contribution in [3.8, 4) is 5.75 Å². The molecule has 9 heteroatoms. The van der Waals surface area contributed by atoms with Gasteiger partial charge < -0.3 is 10.1 Å². The molecule has 1 amide bonds. The van der Waals surface area contributed by atoms with Gasteiger partial charge >= 0.3 is 10.2 Å². The van der Waals surface area contributed by atoms with Crippen LogP contribution in [0.25, 0.3) is 0 Å². The van der Waals surface area contributed by atoms with Gasteiger partial charge in [-0.3, -0.25) is 14.9 Å². The third kappa shape index (κ3) is 3.97. The fourth-order valence-corrected chi connectivity index (χ4v) is 3.03. The van der Waals surface area contributed by atoms with E-state index in [4.69, 9.17) is 10.1 Å². The van der Waals surface area contributed by atoms with Gasteiger partial charge in [-0.15, -0.1) is 0 Å². The molecule has 8 nitrogen and oxygen atoms in total. The second-order valence-electron chi connectivity index (χ2n) is 6.19. The SMILES string of the molecule is CCCNC(=O)C(C)(C)COc1cccc2c1C(=N)NS(=O)(=O)N2. The largest absolute Gasteiger partial charge is 0.492 e. The maximum Gasteiger partial charge on any atom is 0.322 e. The normalized spacial score (nSPS) is 15.7. The lowest BCUT2D eigenvalue weighted by molar-refractivity contribution is -0.130. The minimum absolute atomic E-state index is 0.0963. The van der Waals surface area contributed by atoms with E-state index < -0.39 is 15.6 Å². The number of carbonyl (C=O) groups is 1. The highest BCUT2D eigenvalue weighted by molar-refractivity contribution is 7.91. The van der Waals surface area contributed by atoms with Gasteiger partial charge in [0.2, 0.25) is 5.91 Å². The van der Waals surface area contributed by atoms with Crippen molar-refractivity contribution < 1.29 is 17.9 Å². The number of nitrogens with one attached hydrogen (secondary N) is 4. The molecule has 0 atom stereocenters. The summed E-state index contributed by atoms with van der Waals surface area (Å²) < 4.78 is 33.3. The summed E-state index contributed by atoms with van der Waals surface area (Å²) in [7, 11) is -3.77. The van der Waals surface area contributed by atoms with E-state index in [0.717, 1.165) is 6.42 Å². The van der Waals surface area contributed by atoms with Crippen molar-refractivity contribution in [2.24, 2.45) is 5.41 Å². The Bertz CT molecular complexity index is 759. The van der Waals surface area contributed by atoms with Crippen LogP contribution in [-0.4, -0.2) is 33.3 Å². The van der Waals surface area contributed by atoms with E-state index in [2.05, 4.69) is 14.8 Å². The van der Waals surface area contributed by atoms with Crippen molar-refractivity contribution in [2.75, 3.05) is 17.9 Å². The van der Waals surface area contributed by atoms with E-state index in [0.29, 0.717) is 17.9 Å². The molecule has 4 N–H and O–H groups in total. The van der Waals surface area contributed by atoms with E-state index in [9.17, 15) is 13.2 Å². The zero-order valence-corrected chi connectivity index (χ0v) is 14.7. The summed E-state index contributed by atoms with van der Waals surface area (Å²) in [5, 5.41) is 10.7. The molecule has 0 unspecified atom stereocenters. The van der Waals surface area contributed by atoms with Crippen molar-refractivity contribution in [3.05, 3.63) is 23.8 Å². The number of fused-ring (bicyclic) bond motifs is 1. The lowest BCUT2D eigenvalue weighted by Gasteiger charge is -2.26. The maximum absolute atomic E-state index is 12.1. The van der Waals surface area contributed by atoms with Crippen molar-refractivity contribution in [1.29, 1.82) is 5.41 Å². The molecule has 24 heavy (non-hydrogen) atoms. The first-order valence-corrected chi connectivity index (χ1v) is 9.08. The summed E-state index contributed by atoms with van der Waals surface area (Å²) in [6, 6.07) is 4.81. The number of ether oxygens (including phenoxy) is 1.